The molecule has 1 amide bonds. The van der Waals surface area contributed by atoms with E-state index < -0.39 is 0 Å². The minimum absolute atomic E-state index is 0.0985. The van der Waals surface area contributed by atoms with Crippen molar-refractivity contribution in [3.05, 3.63) is 41.4 Å². The van der Waals surface area contributed by atoms with Crippen LogP contribution in [0.1, 0.15) is 19.5 Å². The molecule has 6 nitrogen and oxygen atoms in total. The van der Waals surface area contributed by atoms with Crippen molar-refractivity contribution < 1.29 is 14.3 Å². The number of hydrogen-bond acceptors (Lipinski definition) is 6. The van der Waals surface area contributed by atoms with Crippen molar-refractivity contribution in [2.24, 2.45) is 0 Å². The Morgan fingerprint density at radius 1 is 1.30 bits per heavy atom. The fraction of sp³-hybridized carbons (Fsp3) is 0.312. The first-order chi connectivity index (χ1) is 11.1. The molecule has 1 aromatic heterocycles. The third kappa shape index (κ3) is 5.37. The van der Waals surface area contributed by atoms with Crippen molar-refractivity contribution in [1.29, 1.82) is 0 Å². The normalized spacial score (nSPS) is 10.2. The maximum absolute atomic E-state index is 12.0. The van der Waals surface area contributed by atoms with Gasteiger partial charge >= 0.3 is 5.97 Å². The molecule has 1 N–H and O–H groups in total. The van der Waals surface area contributed by atoms with Gasteiger partial charge in [-0.1, -0.05) is 18.2 Å². The summed E-state index contributed by atoms with van der Waals surface area (Å²) in [7, 11) is 0. The first kappa shape index (κ1) is 17.0. The number of nitrogens with one attached hydrogen (secondary N) is 1. The third-order valence-corrected chi connectivity index (χ3v) is 3.85. The average Bonchev–Trinajstić information content (AvgIpc) is 2.98. The van der Waals surface area contributed by atoms with E-state index in [1.807, 2.05) is 42.2 Å². The van der Waals surface area contributed by atoms with Crippen LogP contribution in [0.25, 0.3) is 0 Å². The summed E-state index contributed by atoms with van der Waals surface area (Å²) in [6.07, 6.45) is 0. The number of carbonyl (C=O) groups excluding carboxylic acids is 2. The highest BCUT2D eigenvalue weighted by Gasteiger charge is 2.12. The summed E-state index contributed by atoms with van der Waals surface area (Å²) in [4.78, 5) is 29.0. The Morgan fingerprint density at radius 2 is 2.04 bits per heavy atom. The van der Waals surface area contributed by atoms with Crippen LogP contribution in [0.15, 0.2) is 35.7 Å². The summed E-state index contributed by atoms with van der Waals surface area (Å²) in [5, 5.41) is 4.86. The average molecular weight is 333 g/mol. The summed E-state index contributed by atoms with van der Waals surface area (Å²) in [6.45, 7) is 4.40. The molecule has 0 fully saturated rings. The van der Waals surface area contributed by atoms with Crippen LogP contribution in [0, 0.1) is 0 Å². The molecule has 0 aliphatic carbocycles. The van der Waals surface area contributed by atoms with Crippen molar-refractivity contribution in [2.75, 3.05) is 23.3 Å². The van der Waals surface area contributed by atoms with Gasteiger partial charge in [-0.05, 0) is 19.1 Å². The quantitative estimate of drug-likeness (QED) is 0.789. The Balaban J connectivity index is 1.84. The Hall–Kier alpha value is -2.41. The van der Waals surface area contributed by atoms with Crippen LogP contribution in [0.5, 0.6) is 0 Å². The number of aromatic nitrogens is 1. The van der Waals surface area contributed by atoms with Gasteiger partial charge in [-0.15, -0.1) is 11.3 Å². The maximum Gasteiger partial charge on any atom is 0.325 e. The topological polar surface area (TPSA) is 71.5 Å². The molecule has 0 radical (unpaired) electrons. The molecular weight excluding hydrogens is 314 g/mol. The van der Waals surface area contributed by atoms with Gasteiger partial charge in [-0.2, -0.15) is 0 Å². The predicted molar refractivity (Wildman–Crippen MR) is 90.5 cm³/mol. The van der Waals surface area contributed by atoms with Crippen molar-refractivity contribution in [3.8, 4) is 0 Å². The monoisotopic (exact) mass is 333 g/mol. The second-order valence-electron chi connectivity index (χ2n) is 4.84. The molecule has 0 saturated heterocycles. The van der Waals surface area contributed by atoms with Crippen LogP contribution in [-0.4, -0.2) is 29.9 Å². The lowest BCUT2D eigenvalue weighted by atomic mass is 10.3. The van der Waals surface area contributed by atoms with E-state index in [9.17, 15) is 9.59 Å². The van der Waals surface area contributed by atoms with E-state index in [0.717, 1.165) is 5.69 Å². The molecule has 1 heterocycles. The van der Waals surface area contributed by atoms with Crippen molar-refractivity contribution in [3.63, 3.8) is 0 Å². The zero-order valence-electron chi connectivity index (χ0n) is 13.1. The number of para-hydroxylation sites is 1. The molecule has 2 aromatic rings. The van der Waals surface area contributed by atoms with Crippen LogP contribution < -0.4 is 10.2 Å². The number of hydrogen-bond donors (Lipinski definition) is 1. The highest BCUT2D eigenvalue weighted by molar-refractivity contribution is 7.13. The van der Waals surface area contributed by atoms with Crippen LogP contribution >= 0.6 is 11.3 Å². The van der Waals surface area contributed by atoms with Crippen molar-refractivity contribution in [2.45, 2.75) is 20.5 Å². The summed E-state index contributed by atoms with van der Waals surface area (Å²) in [5.41, 5.74) is 1.60. The van der Waals surface area contributed by atoms with Crippen LogP contribution in [0.2, 0.25) is 0 Å². The number of ether oxygens (including phenoxy) is 1. The van der Waals surface area contributed by atoms with Gasteiger partial charge in [-0.3, -0.25) is 9.59 Å². The number of thiazole rings is 1. The second-order valence-corrected chi connectivity index (χ2v) is 5.69. The Kier molecular flexibility index (Phi) is 6.10. The zero-order valence-corrected chi connectivity index (χ0v) is 13.9. The van der Waals surface area contributed by atoms with Crippen LogP contribution in [0.3, 0.4) is 0 Å². The molecule has 0 aliphatic rings. The first-order valence-corrected chi connectivity index (χ1v) is 8.14. The summed E-state index contributed by atoms with van der Waals surface area (Å²) in [6, 6.07) is 9.71. The van der Waals surface area contributed by atoms with Gasteiger partial charge in [-0.25, -0.2) is 4.98 Å². The molecule has 122 valence electrons. The van der Waals surface area contributed by atoms with Gasteiger partial charge in [0, 0.05) is 24.5 Å². The number of rotatable bonds is 7. The number of nitrogens with zero attached hydrogens (tertiary/aromatic N) is 2. The second kappa shape index (κ2) is 8.28. The van der Waals surface area contributed by atoms with Crippen molar-refractivity contribution in [1.82, 2.24) is 4.98 Å². The molecule has 1 aromatic carbocycles. The summed E-state index contributed by atoms with van der Waals surface area (Å²) in [5.74, 6) is -0.492. The Morgan fingerprint density at radius 3 is 2.70 bits per heavy atom. The predicted octanol–water partition coefficient (Wildman–Crippen LogP) is 2.67. The lowest BCUT2D eigenvalue weighted by Gasteiger charge is -2.21. The molecule has 7 heteroatoms. The SMILES string of the molecule is CCN(CC(=O)OCc1csc(NC(C)=O)n1)c1ccccc1. The lowest BCUT2D eigenvalue weighted by molar-refractivity contribution is -0.143. The van der Waals surface area contributed by atoms with Gasteiger partial charge in [0.2, 0.25) is 5.91 Å². The lowest BCUT2D eigenvalue weighted by Crippen LogP contribution is -2.30. The molecule has 0 spiro atoms. The number of amides is 1. The van der Waals surface area contributed by atoms with Crippen molar-refractivity contribution >= 4 is 34.0 Å². The minimum atomic E-state index is -0.315. The molecule has 0 aliphatic heterocycles. The molecule has 0 unspecified atom stereocenters. The number of carbonyl (C=O) groups is 2. The van der Waals surface area contributed by atoms with E-state index in [2.05, 4.69) is 10.3 Å². The number of likely N-dealkylation sites (N-methyl/N-ethyl adjacent to an activating group) is 1. The smallest absolute Gasteiger partial charge is 0.325 e. The summed E-state index contributed by atoms with van der Waals surface area (Å²) >= 11 is 1.30. The fourth-order valence-electron chi connectivity index (χ4n) is 1.96. The maximum atomic E-state index is 12.0. The molecule has 0 bridgehead atoms. The van der Waals surface area contributed by atoms with Gasteiger partial charge in [0.05, 0.1) is 5.69 Å². The first-order valence-electron chi connectivity index (χ1n) is 7.26. The molecule has 0 saturated carbocycles. The van der Waals surface area contributed by atoms with E-state index >= 15 is 0 Å². The van der Waals surface area contributed by atoms with Gasteiger partial charge < -0.3 is 15.0 Å². The Bertz CT molecular complexity index is 658. The molecule has 2 rings (SSSR count). The number of benzene rings is 1. The van der Waals surface area contributed by atoms with E-state index in [1.165, 1.54) is 18.3 Å². The van der Waals surface area contributed by atoms with Gasteiger partial charge in [0.15, 0.2) is 5.13 Å². The Labute approximate surface area is 139 Å². The molecule has 0 atom stereocenters. The standard InChI is InChI=1S/C16H19N3O3S/c1-3-19(14-7-5-4-6-8-14)9-15(21)22-10-13-11-23-16(18-13)17-12(2)20/h4-8,11H,3,9-10H2,1-2H3,(H,17,18,20). The van der Waals surface area contributed by atoms with E-state index in [4.69, 9.17) is 4.74 Å². The third-order valence-electron chi connectivity index (χ3n) is 3.04. The zero-order chi connectivity index (χ0) is 16.7. The minimum Gasteiger partial charge on any atom is -0.458 e. The largest absolute Gasteiger partial charge is 0.458 e. The molecule has 23 heavy (non-hydrogen) atoms. The number of anilines is 2. The van der Waals surface area contributed by atoms with Gasteiger partial charge in [0.25, 0.3) is 0 Å². The summed E-state index contributed by atoms with van der Waals surface area (Å²) < 4.78 is 5.25. The molecular formula is C16H19N3O3S. The number of esters is 1. The highest BCUT2D eigenvalue weighted by atomic mass is 32.1. The highest BCUT2D eigenvalue weighted by Crippen LogP contribution is 2.16. The fourth-order valence-corrected chi connectivity index (χ4v) is 2.70. The van der Waals surface area contributed by atoms with E-state index in [-0.39, 0.29) is 25.0 Å². The van der Waals surface area contributed by atoms with Gasteiger partial charge in [0.1, 0.15) is 13.2 Å². The van der Waals surface area contributed by atoms with Crippen LogP contribution in [0.4, 0.5) is 10.8 Å². The van der Waals surface area contributed by atoms with Crippen LogP contribution in [-0.2, 0) is 20.9 Å². The van der Waals surface area contributed by atoms with E-state index in [1.54, 1.807) is 5.38 Å². The van der Waals surface area contributed by atoms with E-state index in [0.29, 0.717) is 17.4 Å².